The Balaban J connectivity index is 1.50. The van der Waals surface area contributed by atoms with Crippen molar-refractivity contribution in [1.82, 2.24) is 15.5 Å². The van der Waals surface area contributed by atoms with Gasteiger partial charge in [-0.25, -0.2) is 0 Å². The van der Waals surface area contributed by atoms with Crippen molar-refractivity contribution in [2.45, 2.75) is 19.9 Å². The summed E-state index contributed by atoms with van der Waals surface area (Å²) in [6.07, 6.45) is 0.717. The van der Waals surface area contributed by atoms with Gasteiger partial charge in [-0.2, -0.15) is 4.98 Å². The molecule has 0 aliphatic rings. The van der Waals surface area contributed by atoms with Crippen molar-refractivity contribution in [2.24, 2.45) is 0 Å². The van der Waals surface area contributed by atoms with Crippen LogP contribution >= 0.6 is 0 Å². The summed E-state index contributed by atoms with van der Waals surface area (Å²) < 4.78 is 16.0. The van der Waals surface area contributed by atoms with E-state index < -0.39 is 0 Å². The van der Waals surface area contributed by atoms with Gasteiger partial charge in [0.1, 0.15) is 11.5 Å². The molecule has 7 heteroatoms. The number of nitrogens with one attached hydrogen (secondary N) is 1. The lowest BCUT2D eigenvalue weighted by molar-refractivity contribution is -0.123. The van der Waals surface area contributed by atoms with Gasteiger partial charge in [-0.1, -0.05) is 30.3 Å². The van der Waals surface area contributed by atoms with Crippen LogP contribution in [0.5, 0.6) is 11.5 Å². The van der Waals surface area contributed by atoms with E-state index in [2.05, 4.69) is 15.5 Å². The van der Waals surface area contributed by atoms with Gasteiger partial charge in [-0.15, -0.1) is 0 Å². The van der Waals surface area contributed by atoms with E-state index in [0.717, 1.165) is 16.9 Å². The van der Waals surface area contributed by atoms with Gasteiger partial charge in [0.15, 0.2) is 12.4 Å². The van der Waals surface area contributed by atoms with E-state index >= 15 is 0 Å². The molecule has 0 fully saturated rings. The lowest BCUT2D eigenvalue weighted by Crippen LogP contribution is -2.28. The second kappa shape index (κ2) is 8.84. The molecule has 0 spiro atoms. The van der Waals surface area contributed by atoms with Gasteiger partial charge in [0.05, 0.1) is 7.11 Å². The maximum atomic E-state index is 12.0. The zero-order valence-electron chi connectivity index (χ0n) is 15.3. The zero-order chi connectivity index (χ0) is 19.1. The molecule has 0 atom stereocenters. The smallest absolute Gasteiger partial charge is 0.258 e. The largest absolute Gasteiger partial charge is 0.496 e. The van der Waals surface area contributed by atoms with Crippen molar-refractivity contribution in [3.05, 3.63) is 59.9 Å². The Bertz CT molecular complexity index is 890. The molecule has 27 heavy (non-hydrogen) atoms. The molecule has 1 N–H and O–H groups in total. The van der Waals surface area contributed by atoms with Crippen LogP contribution in [0.25, 0.3) is 11.5 Å². The van der Waals surface area contributed by atoms with E-state index in [4.69, 9.17) is 14.0 Å². The molecule has 2 aromatic carbocycles. The van der Waals surface area contributed by atoms with Crippen LogP contribution in [-0.2, 0) is 17.8 Å². The van der Waals surface area contributed by atoms with Gasteiger partial charge in [0.25, 0.3) is 11.8 Å². The quantitative estimate of drug-likeness (QED) is 0.659. The Morgan fingerprint density at radius 1 is 1.15 bits per heavy atom. The fourth-order valence-electron chi connectivity index (χ4n) is 2.45. The lowest BCUT2D eigenvalue weighted by atomic mass is 10.2. The number of para-hydroxylation sites is 1. The van der Waals surface area contributed by atoms with Crippen LogP contribution in [0.15, 0.2) is 53.1 Å². The number of hydrogen-bond donors (Lipinski definition) is 1. The highest BCUT2D eigenvalue weighted by Crippen LogP contribution is 2.21. The average Bonchev–Trinajstić information content (AvgIpc) is 3.20. The van der Waals surface area contributed by atoms with Gasteiger partial charge in [0.2, 0.25) is 0 Å². The summed E-state index contributed by atoms with van der Waals surface area (Å²) in [4.78, 5) is 16.3. The maximum absolute atomic E-state index is 12.0. The third kappa shape index (κ3) is 4.84. The number of ether oxygens (including phenoxy) is 2. The Hall–Kier alpha value is -3.35. The highest BCUT2D eigenvalue weighted by molar-refractivity contribution is 5.77. The number of nitrogens with zero attached hydrogens (tertiary/aromatic N) is 2. The Morgan fingerprint density at radius 2 is 1.93 bits per heavy atom. The first kappa shape index (κ1) is 18.4. The van der Waals surface area contributed by atoms with E-state index in [1.54, 1.807) is 19.2 Å². The van der Waals surface area contributed by atoms with Crippen molar-refractivity contribution in [3.8, 4) is 23.0 Å². The normalized spacial score (nSPS) is 10.4. The van der Waals surface area contributed by atoms with E-state index in [1.807, 2.05) is 43.3 Å². The first-order chi connectivity index (χ1) is 13.2. The Morgan fingerprint density at radius 3 is 2.63 bits per heavy atom. The summed E-state index contributed by atoms with van der Waals surface area (Å²) in [5.41, 5.74) is 1.71. The minimum Gasteiger partial charge on any atom is -0.496 e. The molecule has 0 aliphatic carbocycles. The van der Waals surface area contributed by atoms with E-state index in [-0.39, 0.29) is 12.5 Å². The number of benzene rings is 2. The van der Waals surface area contributed by atoms with Gasteiger partial charge >= 0.3 is 0 Å². The number of methoxy groups -OCH3 is 1. The molecular weight excluding hydrogens is 346 g/mol. The van der Waals surface area contributed by atoms with E-state index in [9.17, 15) is 4.79 Å². The number of aryl methyl sites for hydroxylation is 1. The minimum atomic E-state index is -0.213. The molecular formula is C20H21N3O4. The maximum Gasteiger partial charge on any atom is 0.258 e. The predicted octanol–water partition coefficient (Wildman–Crippen LogP) is 3.00. The van der Waals surface area contributed by atoms with Gasteiger partial charge in [0, 0.05) is 24.1 Å². The van der Waals surface area contributed by atoms with Crippen molar-refractivity contribution in [2.75, 3.05) is 13.7 Å². The van der Waals surface area contributed by atoms with Crippen LogP contribution in [0, 0.1) is 0 Å². The zero-order valence-corrected chi connectivity index (χ0v) is 15.3. The lowest BCUT2D eigenvalue weighted by Gasteiger charge is -2.10. The molecule has 0 aliphatic heterocycles. The molecule has 0 saturated heterocycles. The monoisotopic (exact) mass is 367 g/mol. The molecule has 0 radical (unpaired) electrons. The number of rotatable bonds is 8. The van der Waals surface area contributed by atoms with Gasteiger partial charge < -0.3 is 19.3 Å². The first-order valence-corrected chi connectivity index (χ1v) is 8.64. The van der Waals surface area contributed by atoms with Crippen molar-refractivity contribution >= 4 is 5.91 Å². The summed E-state index contributed by atoms with van der Waals surface area (Å²) in [5.74, 6) is 2.24. The number of carbonyl (C=O) groups is 1. The summed E-state index contributed by atoms with van der Waals surface area (Å²) in [5, 5.41) is 6.68. The molecule has 0 saturated carbocycles. The van der Waals surface area contributed by atoms with Crippen LogP contribution in [0.4, 0.5) is 0 Å². The summed E-state index contributed by atoms with van der Waals surface area (Å²) in [6.45, 7) is 2.27. The van der Waals surface area contributed by atoms with Gasteiger partial charge in [-0.3, -0.25) is 4.79 Å². The molecule has 0 bridgehead atoms. The molecule has 3 rings (SSSR count). The third-order valence-corrected chi connectivity index (χ3v) is 3.92. The van der Waals surface area contributed by atoms with E-state index in [0.29, 0.717) is 30.4 Å². The standard InChI is InChI=1S/C20H21N3O4/c1-3-18-22-20(27-23-18)14-8-10-16(11-9-14)26-13-19(24)21-12-15-6-4-5-7-17(15)25-2/h4-11H,3,12-13H2,1-2H3,(H,21,24). The summed E-state index contributed by atoms with van der Waals surface area (Å²) >= 11 is 0. The van der Waals surface area contributed by atoms with Crippen molar-refractivity contribution in [3.63, 3.8) is 0 Å². The topological polar surface area (TPSA) is 86.5 Å². The number of hydrogen-bond acceptors (Lipinski definition) is 6. The second-order valence-corrected chi connectivity index (χ2v) is 5.77. The average molecular weight is 367 g/mol. The highest BCUT2D eigenvalue weighted by Gasteiger charge is 2.09. The van der Waals surface area contributed by atoms with Crippen LogP contribution < -0.4 is 14.8 Å². The molecule has 0 unspecified atom stereocenters. The predicted molar refractivity (Wildman–Crippen MR) is 99.4 cm³/mol. The molecule has 3 aromatic rings. The number of amides is 1. The summed E-state index contributed by atoms with van der Waals surface area (Å²) in [6, 6.07) is 14.7. The van der Waals surface area contributed by atoms with Crippen LogP contribution in [0.1, 0.15) is 18.3 Å². The highest BCUT2D eigenvalue weighted by atomic mass is 16.5. The minimum absolute atomic E-state index is 0.0744. The Labute approximate surface area is 157 Å². The first-order valence-electron chi connectivity index (χ1n) is 8.64. The van der Waals surface area contributed by atoms with E-state index in [1.165, 1.54) is 0 Å². The van der Waals surface area contributed by atoms with Crippen LogP contribution in [0.3, 0.4) is 0 Å². The van der Waals surface area contributed by atoms with Gasteiger partial charge in [-0.05, 0) is 30.3 Å². The third-order valence-electron chi connectivity index (χ3n) is 3.92. The molecule has 7 nitrogen and oxygen atoms in total. The van der Waals surface area contributed by atoms with Crippen LogP contribution in [0.2, 0.25) is 0 Å². The number of aromatic nitrogens is 2. The molecule has 140 valence electrons. The fraction of sp³-hybridized carbons (Fsp3) is 0.250. The SMILES string of the molecule is CCc1noc(-c2ccc(OCC(=O)NCc3ccccc3OC)cc2)n1. The molecule has 1 heterocycles. The molecule has 1 amide bonds. The fourth-order valence-corrected chi connectivity index (χ4v) is 2.45. The number of carbonyl (C=O) groups excluding carboxylic acids is 1. The van der Waals surface area contributed by atoms with Crippen molar-refractivity contribution in [1.29, 1.82) is 0 Å². The van der Waals surface area contributed by atoms with Crippen LogP contribution in [-0.4, -0.2) is 29.8 Å². The second-order valence-electron chi connectivity index (χ2n) is 5.77. The summed E-state index contributed by atoms with van der Waals surface area (Å²) in [7, 11) is 1.60. The van der Waals surface area contributed by atoms with Crippen molar-refractivity contribution < 1.29 is 18.8 Å². The molecule has 1 aromatic heterocycles. The Kier molecular flexibility index (Phi) is 6.04.